The summed E-state index contributed by atoms with van der Waals surface area (Å²) in [5.74, 6) is 0.250. The number of carbonyl (C=O) groups excluding carboxylic acids is 2. The quantitative estimate of drug-likeness (QED) is 0.763. The van der Waals surface area contributed by atoms with E-state index in [0.717, 1.165) is 6.42 Å². The fraction of sp³-hybridized carbons (Fsp3) is 0.846. The van der Waals surface area contributed by atoms with Crippen molar-refractivity contribution in [3.8, 4) is 0 Å². The summed E-state index contributed by atoms with van der Waals surface area (Å²) in [6.45, 7) is 10.4. The summed E-state index contributed by atoms with van der Waals surface area (Å²) in [5, 5.41) is 0. The van der Waals surface area contributed by atoms with Crippen LogP contribution in [-0.4, -0.2) is 35.5 Å². The van der Waals surface area contributed by atoms with E-state index >= 15 is 0 Å². The van der Waals surface area contributed by atoms with Gasteiger partial charge in [-0.15, -0.1) is 0 Å². The summed E-state index contributed by atoms with van der Waals surface area (Å²) >= 11 is 0. The van der Waals surface area contributed by atoms with Crippen molar-refractivity contribution in [2.75, 3.05) is 13.1 Å². The number of likely N-dealkylation sites (tertiary alicyclic amines) is 1. The molecular formula is C13H23NO3. The zero-order valence-corrected chi connectivity index (χ0v) is 11.5. The van der Waals surface area contributed by atoms with E-state index in [2.05, 4.69) is 0 Å². The minimum absolute atomic E-state index is 0.250. The third kappa shape index (κ3) is 3.45. The van der Waals surface area contributed by atoms with Gasteiger partial charge in [-0.25, -0.2) is 4.79 Å². The monoisotopic (exact) mass is 241 g/mol. The number of hydrogen-bond donors (Lipinski definition) is 0. The average molecular weight is 241 g/mol. The Hall–Kier alpha value is -1.06. The highest BCUT2D eigenvalue weighted by molar-refractivity contribution is 5.87. The molecule has 1 aliphatic heterocycles. The van der Waals surface area contributed by atoms with Crippen molar-refractivity contribution in [3.05, 3.63) is 0 Å². The van der Waals surface area contributed by atoms with Crippen molar-refractivity contribution in [2.45, 2.75) is 53.1 Å². The third-order valence-corrected chi connectivity index (χ3v) is 2.88. The van der Waals surface area contributed by atoms with Crippen LogP contribution in [0.1, 0.15) is 47.5 Å². The topological polar surface area (TPSA) is 46.6 Å². The largest absolute Gasteiger partial charge is 0.444 e. The fourth-order valence-electron chi connectivity index (χ4n) is 1.96. The second kappa shape index (κ2) is 4.67. The summed E-state index contributed by atoms with van der Waals surface area (Å²) in [6.07, 6.45) is 1.14. The molecule has 0 N–H and O–H groups in total. The molecule has 1 amide bonds. The minimum Gasteiger partial charge on any atom is -0.444 e. The second-order valence-corrected chi connectivity index (χ2v) is 6.07. The van der Waals surface area contributed by atoms with Gasteiger partial charge in [-0.05, 0) is 34.1 Å². The smallest absolute Gasteiger partial charge is 0.410 e. The van der Waals surface area contributed by atoms with E-state index in [1.807, 2.05) is 34.6 Å². The molecule has 4 nitrogen and oxygen atoms in total. The molecule has 0 bridgehead atoms. The second-order valence-electron chi connectivity index (χ2n) is 6.07. The lowest BCUT2D eigenvalue weighted by atomic mass is 9.77. The van der Waals surface area contributed by atoms with Gasteiger partial charge in [-0.1, -0.05) is 6.92 Å². The molecule has 0 aromatic rings. The summed E-state index contributed by atoms with van der Waals surface area (Å²) < 4.78 is 5.25. The molecule has 1 fully saturated rings. The van der Waals surface area contributed by atoms with Crippen LogP contribution < -0.4 is 0 Å². The van der Waals surface area contributed by atoms with Gasteiger partial charge in [0.25, 0.3) is 0 Å². The summed E-state index contributed by atoms with van der Waals surface area (Å²) in [4.78, 5) is 25.1. The number of amides is 1. The summed E-state index contributed by atoms with van der Waals surface area (Å²) in [5.41, 5.74) is -0.830. The van der Waals surface area contributed by atoms with E-state index in [9.17, 15) is 9.59 Å². The number of ether oxygens (including phenoxy) is 1. The van der Waals surface area contributed by atoms with Crippen LogP contribution in [-0.2, 0) is 9.53 Å². The number of Topliss-reactive ketones (excluding diaryl/α,β-unsaturated/α-hetero) is 1. The van der Waals surface area contributed by atoms with Crippen LogP contribution in [0.3, 0.4) is 0 Å². The van der Waals surface area contributed by atoms with Crippen LogP contribution in [0.25, 0.3) is 0 Å². The van der Waals surface area contributed by atoms with Crippen molar-refractivity contribution >= 4 is 11.9 Å². The molecule has 0 aliphatic carbocycles. The maximum atomic E-state index is 11.8. The first kappa shape index (κ1) is 14.0. The van der Waals surface area contributed by atoms with E-state index in [0.29, 0.717) is 19.5 Å². The normalized spacial score (nSPS) is 18.5. The van der Waals surface area contributed by atoms with Crippen molar-refractivity contribution < 1.29 is 14.3 Å². The van der Waals surface area contributed by atoms with Crippen LogP contribution in [0, 0.1) is 5.41 Å². The first-order valence-electron chi connectivity index (χ1n) is 6.19. The molecule has 0 spiro atoms. The highest BCUT2D eigenvalue weighted by Crippen LogP contribution is 2.33. The summed E-state index contributed by atoms with van der Waals surface area (Å²) in [6, 6.07) is 0. The highest BCUT2D eigenvalue weighted by Gasteiger charge is 2.47. The number of carbonyl (C=O) groups is 2. The van der Waals surface area contributed by atoms with Gasteiger partial charge in [0, 0.05) is 19.5 Å². The molecule has 0 atom stereocenters. The van der Waals surface area contributed by atoms with Crippen molar-refractivity contribution in [1.29, 1.82) is 0 Å². The Balaban J connectivity index is 2.45. The Morgan fingerprint density at radius 3 is 2.24 bits per heavy atom. The molecule has 1 aliphatic rings. The lowest BCUT2D eigenvalue weighted by molar-refractivity contribution is -0.136. The van der Waals surface area contributed by atoms with E-state index in [-0.39, 0.29) is 17.3 Å². The van der Waals surface area contributed by atoms with Crippen molar-refractivity contribution in [2.24, 2.45) is 5.41 Å². The van der Waals surface area contributed by atoms with Crippen molar-refractivity contribution in [1.82, 2.24) is 4.90 Å². The Kier molecular flexibility index (Phi) is 3.84. The number of nitrogens with zero attached hydrogens (tertiary/aromatic N) is 1. The van der Waals surface area contributed by atoms with Gasteiger partial charge in [0.05, 0.1) is 5.41 Å². The molecule has 17 heavy (non-hydrogen) atoms. The molecule has 4 heteroatoms. The Labute approximate surface area is 103 Å². The molecule has 0 unspecified atom stereocenters. The fourth-order valence-corrected chi connectivity index (χ4v) is 1.96. The lowest BCUT2D eigenvalue weighted by Gasteiger charge is -2.46. The Bertz CT molecular complexity index is 311. The van der Waals surface area contributed by atoms with Crippen LogP contribution >= 0.6 is 0 Å². The zero-order chi connectivity index (χ0) is 13.3. The highest BCUT2D eigenvalue weighted by atomic mass is 16.6. The number of hydrogen-bond acceptors (Lipinski definition) is 3. The first-order chi connectivity index (χ1) is 7.68. The van der Waals surface area contributed by atoms with E-state index in [1.165, 1.54) is 0 Å². The van der Waals surface area contributed by atoms with Crippen LogP contribution in [0.5, 0.6) is 0 Å². The molecule has 1 saturated heterocycles. The van der Waals surface area contributed by atoms with E-state index < -0.39 is 5.60 Å². The standard InChI is InChI=1S/C13H23NO3/c1-6-7-10(15)13(5)8-14(9-13)11(16)17-12(2,3)4/h6-9H2,1-5H3. The predicted octanol–water partition coefficient (Wildman–Crippen LogP) is 2.61. The Morgan fingerprint density at radius 2 is 1.82 bits per heavy atom. The molecule has 0 radical (unpaired) electrons. The first-order valence-corrected chi connectivity index (χ1v) is 6.19. The van der Waals surface area contributed by atoms with Gasteiger partial charge in [0.2, 0.25) is 0 Å². The maximum absolute atomic E-state index is 11.8. The third-order valence-electron chi connectivity index (χ3n) is 2.88. The van der Waals surface area contributed by atoms with Gasteiger partial charge >= 0.3 is 6.09 Å². The van der Waals surface area contributed by atoms with E-state index in [4.69, 9.17) is 4.74 Å². The molecule has 0 aromatic heterocycles. The van der Waals surface area contributed by atoms with Gasteiger partial charge < -0.3 is 9.64 Å². The Morgan fingerprint density at radius 1 is 1.29 bits per heavy atom. The molecule has 0 saturated carbocycles. The molecule has 98 valence electrons. The van der Waals surface area contributed by atoms with E-state index in [1.54, 1.807) is 4.90 Å². The molecular weight excluding hydrogens is 218 g/mol. The van der Waals surface area contributed by atoms with Gasteiger partial charge in [0.1, 0.15) is 11.4 Å². The number of rotatable bonds is 3. The van der Waals surface area contributed by atoms with Gasteiger partial charge in [-0.2, -0.15) is 0 Å². The van der Waals surface area contributed by atoms with Gasteiger partial charge in [-0.3, -0.25) is 4.79 Å². The van der Waals surface area contributed by atoms with Crippen molar-refractivity contribution in [3.63, 3.8) is 0 Å². The lowest BCUT2D eigenvalue weighted by Crippen LogP contribution is -2.61. The predicted molar refractivity (Wildman–Crippen MR) is 65.8 cm³/mol. The SMILES string of the molecule is CCCC(=O)C1(C)CN(C(=O)OC(C)(C)C)C1. The molecule has 1 heterocycles. The molecule has 1 rings (SSSR count). The minimum atomic E-state index is -0.476. The zero-order valence-electron chi connectivity index (χ0n) is 11.5. The van der Waals surface area contributed by atoms with Crippen LogP contribution in [0.2, 0.25) is 0 Å². The average Bonchev–Trinajstić information content (AvgIpc) is 2.10. The van der Waals surface area contributed by atoms with Crippen LogP contribution in [0.4, 0.5) is 4.79 Å². The van der Waals surface area contributed by atoms with Crippen LogP contribution in [0.15, 0.2) is 0 Å². The molecule has 0 aromatic carbocycles. The summed E-state index contributed by atoms with van der Waals surface area (Å²) in [7, 11) is 0. The van der Waals surface area contributed by atoms with Gasteiger partial charge in [0.15, 0.2) is 0 Å². The maximum Gasteiger partial charge on any atom is 0.410 e. The number of ketones is 1.